The van der Waals surface area contributed by atoms with Gasteiger partial charge in [-0.2, -0.15) is 0 Å². The maximum atomic E-state index is 10.6. The largest absolute Gasteiger partial charge is 0.463 e. The molecule has 0 spiro atoms. The molecule has 2 aliphatic rings. The molecule has 0 aromatic heterocycles. The van der Waals surface area contributed by atoms with Crippen molar-refractivity contribution in [1.29, 1.82) is 0 Å². The van der Waals surface area contributed by atoms with E-state index in [0.717, 1.165) is 0 Å². The number of carbonyl (C=O) groups is 1. The average molecular weight is 290 g/mol. The van der Waals surface area contributed by atoms with E-state index in [0.29, 0.717) is 33.0 Å². The molecular weight excluding hydrogens is 268 g/mol. The Bertz CT molecular complexity index is 309. The maximum absolute atomic E-state index is 10.6. The van der Waals surface area contributed by atoms with Crippen LogP contribution in [0.2, 0.25) is 0 Å². The molecule has 2 rings (SSSR count). The highest BCUT2D eigenvalue weighted by Crippen LogP contribution is 2.30. The van der Waals surface area contributed by atoms with Crippen LogP contribution < -0.4 is 0 Å². The number of hydrogen-bond donors (Lipinski definition) is 0. The minimum Gasteiger partial charge on any atom is -0.463 e. The molecule has 20 heavy (non-hydrogen) atoms. The number of hydrogen-bond acceptors (Lipinski definition) is 7. The molecule has 4 unspecified atom stereocenters. The Kier molecular flexibility index (Phi) is 6.18. The van der Waals surface area contributed by atoms with Gasteiger partial charge in [-0.25, -0.2) is 0 Å². The summed E-state index contributed by atoms with van der Waals surface area (Å²) in [5, 5.41) is 0. The van der Waals surface area contributed by atoms with Crippen LogP contribution in [0.5, 0.6) is 0 Å². The van der Waals surface area contributed by atoms with Gasteiger partial charge in [-0.3, -0.25) is 4.79 Å². The Morgan fingerprint density at radius 3 is 2.05 bits per heavy atom. The highest BCUT2D eigenvalue weighted by atomic mass is 16.6. The molecule has 7 heteroatoms. The molecule has 116 valence electrons. The Balaban J connectivity index is 1.68. The Morgan fingerprint density at radius 1 is 1.00 bits per heavy atom. The van der Waals surface area contributed by atoms with Gasteiger partial charge in [0.1, 0.15) is 31.0 Å². The van der Waals surface area contributed by atoms with Crippen LogP contribution in [-0.4, -0.2) is 77.1 Å². The zero-order valence-electron chi connectivity index (χ0n) is 11.9. The third-order valence-electron chi connectivity index (χ3n) is 3.30. The zero-order chi connectivity index (χ0) is 14.4. The molecule has 0 aliphatic carbocycles. The molecular formula is C13H22O7. The number of fused-ring (bicyclic) bond motifs is 1. The topological polar surface area (TPSA) is 72.5 Å². The van der Waals surface area contributed by atoms with Crippen molar-refractivity contribution in [2.45, 2.75) is 31.3 Å². The second-order valence-electron chi connectivity index (χ2n) is 4.75. The van der Waals surface area contributed by atoms with Crippen molar-refractivity contribution in [2.75, 3.05) is 46.8 Å². The first-order valence-electron chi connectivity index (χ1n) is 6.81. The van der Waals surface area contributed by atoms with Crippen molar-refractivity contribution < 1.29 is 33.2 Å². The monoisotopic (exact) mass is 290 g/mol. The third kappa shape index (κ3) is 4.13. The maximum Gasteiger partial charge on any atom is 0.302 e. The van der Waals surface area contributed by atoms with E-state index in [1.165, 1.54) is 6.92 Å². The second-order valence-corrected chi connectivity index (χ2v) is 4.75. The van der Waals surface area contributed by atoms with Crippen LogP contribution in [0.25, 0.3) is 0 Å². The lowest BCUT2D eigenvalue weighted by molar-refractivity contribution is -0.143. The van der Waals surface area contributed by atoms with E-state index in [-0.39, 0.29) is 37.0 Å². The number of carbonyl (C=O) groups excluding carboxylic acids is 1. The van der Waals surface area contributed by atoms with Gasteiger partial charge in [0, 0.05) is 14.0 Å². The van der Waals surface area contributed by atoms with E-state index in [1.807, 2.05) is 0 Å². The zero-order valence-corrected chi connectivity index (χ0v) is 11.9. The fourth-order valence-corrected chi connectivity index (χ4v) is 2.38. The lowest BCUT2D eigenvalue weighted by atomic mass is 10.1. The van der Waals surface area contributed by atoms with Crippen LogP contribution in [0.3, 0.4) is 0 Å². The van der Waals surface area contributed by atoms with Crippen molar-refractivity contribution in [3.8, 4) is 0 Å². The molecule has 0 aromatic rings. The van der Waals surface area contributed by atoms with Gasteiger partial charge in [-0.15, -0.1) is 0 Å². The Labute approximate surface area is 118 Å². The summed E-state index contributed by atoms with van der Waals surface area (Å²) in [4.78, 5) is 10.6. The van der Waals surface area contributed by atoms with E-state index in [1.54, 1.807) is 7.11 Å². The summed E-state index contributed by atoms with van der Waals surface area (Å²) in [7, 11) is 1.64. The minimum atomic E-state index is -0.308. The molecule has 2 fully saturated rings. The molecule has 7 nitrogen and oxygen atoms in total. The summed E-state index contributed by atoms with van der Waals surface area (Å²) < 4.78 is 32.4. The quantitative estimate of drug-likeness (QED) is 0.451. The van der Waals surface area contributed by atoms with Gasteiger partial charge in [0.05, 0.1) is 33.0 Å². The molecule has 2 heterocycles. The normalized spacial score (nSPS) is 32.3. The van der Waals surface area contributed by atoms with Crippen LogP contribution in [0.4, 0.5) is 0 Å². The number of methoxy groups -OCH3 is 1. The third-order valence-corrected chi connectivity index (χ3v) is 3.30. The smallest absolute Gasteiger partial charge is 0.302 e. The number of ether oxygens (including phenoxy) is 6. The molecule has 2 aliphatic heterocycles. The van der Waals surface area contributed by atoms with Gasteiger partial charge in [-0.05, 0) is 0 Å². The van der Waals surface area contributed by atoms with Crippen LogP contribution in [0.1, 0.15) is 6.92 Å². The Hall–Kier alpha value is -0.730. The number of rotatable bonds is 8. The first-order chi connectivity index (χ1) is 9.72. The van der Waals surface area contributed by atoms with Crippen molar-refractivity contribution >= 4 is 5.97 Å². The summed E-state index contributed by atoms with van der Waals surface area (Å²) in [6, 6.07) is 0. The van der Waals surface area contributed by atoms with Gasteiger partial charge in [0.15, 0.2) is 0 Å². The summed E-state index contributed by atoms with van der Waals surface area (Å²) in [5.41, 5.74) is 0. The Morgan fingerprint density at radius 2 is 1.55 bits per heavy atom. The first-order valence-corrected chi connectivity index (χ1v) is 6.81. The standard InChI is InChI=1S/C13H22O7/c1-9(14)16-5-6-18-11-8-20-12-10(7-19-13(11)12)17-4-3-15-2/h10-13H,3-8H2,1-2H3. The fraction of sp³-hybridized carbons (Fsp3) is 0.923. The van der Waals surface area contributed by atoms with E-state index >= 15 is 0 Å². The molecule has 0 amide bonds. The lowest BCUT2D eigenvalue weighted by Gasteiger charge is -2.17. The summed E-state index contributed by atoms with van der Waals surface area (Å²) in [6.07, 6.45) is -0.408. The van der Waals surface area contributed by atoms with Crippen molar-refractivity contribution in [3.05, 3.63) is 0 Å². The van der Waals surface area contributed by atoms with Crippen molar-refractivity contribution in [2.24, 2.45) is 0 Å². The molecule has 2 saturated heterocycles. The minimum absolute atomic E-state index is 0.0720. The van der Waals surface area contributed by atoms with Crippen LogP contribution in [0, 0.1) is 0 Å². The van der Waals surface area contributed by atoms with Crippen LogP contribution in [0.15, 0.2) is 0 Å². The molecule has 0 radical (unpaired) electrons. The lowest BCUT2D eigenvalue weighted by Crippen LogP contribution is -2.35. The van der Waals surface area contributed by atoms with Gasteiger partial charge >= 0.3 is 5.97 Å². The van der Waals surface area contributed by atoms with E-state index in [2.05, 4.69) is 0 Å². The first kappa shape index (κ1) is 15.7. The summed E-state index contributed by atoms with van der Waals surface area (Å²) in [6.45, 7) is 4.01. The second kappa shape index (κ2) is 7.90. The van der Waals surface area contributed by atoms with Gasteiger partial charge in [0.25, 0.3) is 0 Å². The van der Waals surface area contributed by atoms with Crippen LogP contribution in [-0.2, 0) is 33.2 Å². The molecule has 0 aromatic carbocycles. The van der Waals surface area contributed by atoms with Gasteiger partial charge in [0.2, 0.25) is 0 Å². The SMILES string of the molecule is COCCOC1COC2C(OCCOC(C)=O)COC12. The van der Waals surface area contributed by atoms with E-state index < -0.39 is 0 Å². The summed E-state index contributed by atoms with van der Waals surface area (Å²) >= 11 is 0. The average Bonchev–Trinajstić information content (AvgIpc) is 2.98. The molecule has 0 saturated carbocycles. The van der Waals surface area contributed by atoms with E-state index in [9.17, 15) is 4.79 Å². The van der Waals surface area contributed by atoms with Crippen molar-refractivity contribution in [3.63, 3.8) is 0 Å². The fourth-order valence-electron chi connectivity index (χ4n) is 2.38. The highest BCUT2D eigenvalue weighted by Gasteiger charge is 2.48. The van der Waals surface area contributed by atoms with Gasteiger partial charge < -0.3 is 28.4 Å². The molecule has 4 atom stereocenters. The molecule has 0 N–H and O–H groups in total. The molecule has 0 bridgehead atoms. The summed E-state index contributed by atoms with van der Waals surface area (Å²) in [5.74, 6) is -0.308. The van der Waals surface area contributed by atoms with Gasteiger partial charge in [-0.1, -0.05) is 0 Å². The predicted molar refractivity (Wildman–Crippen MR) is 67.5 cm³/mol. The predicted octanol–water partition coefficient (Wildman–Crippen LogP) is -0.236. The van der Waals surface area contributed by atoms with E-state index in [4.69, 9.17) is 28.4 Å². The van der Waals surface area contributed by atoms with Crippen LogP contribution >= 0.6 is 0 Å². The number of esters is 1. The van der Waals surface area contributed by atoms with Crippen molar-refractivity contribution in [1.82, 2.24) is 0 Å². The highest BCUT2D eigenvalue weighted by molar-refractivity contribution is 5.65.